The average molecular weight is 276 g/mol. The highest BCUT2D eigenvalue weighted by atomic mass is 35.5. The molecule has 0 saturated carbocycles. The number of hydrogen-bond donors (Lipinski definition) is 0. The van der Waals surface area contributed by atoms with E-state index in [0.717, 1.165) is 12.2 Å². The molecule has 3 nitrogen and oxygen atoms in total. The van der Waals surface area contributed by atoms with E-state index in [-0.39, 0.29) is 5.78 Å². The Morgan fingerprint density at radius 3 is 2.53 bits per heavy atom. The van der Waals surface area contributed by atoms with Gasteiger partial charge in [-0.3, -0.25) is 9.78 Å². The van der Waals surface area contributed by atoms with Crippen LogP contribution in [0.25, 0.3) is 0 Å². The van der Waals surface area contributed by atoms with Gasteiger partial charge in [-0.1, -0.05) is 18.5 Å². The molecule has 1 aromatic carbocycles. The minimum absolute atomic E-state index is 0.126. The predicted octanol–water partition coefficient (Wildman–Crippen LogP) is 3.75. The van der Waals surface area contributed by atoms with Gasteiger partial charge < -0.3 is 4.74 Å². The van der Waals surface area contributed by atoms with Crippen LogP contribution in [-0.4, -0.2) is 17.4 Å². The summed E-state index contributed by atoms with van der Waals surface area (Å²) in [6.07, 6.45) is 2.42. The Morgan fingerprint density at radius 2 is 1.95 bits per heavy atom. The third-order valence-electron chi connectivity index (χ3n) is 2.55. The van der Waals surface area contributed by atoms with Crippen molar-refractivity contribution in [1.29, 1.82) is 0 Å². The van der Waals surface area contributed by atoms with Crippen LogP contribution < -0.4 is 4.74 Å². The first kappa shape index (κ1) is 13.6. The topological polar surface area (TPSA) is 39.2 Å². The van der Waals surface area contributed by atoms with E-state index in [9.17, 15) is 4.79 Å². The molecule has 0 saturated heterocycles. The summed E-state index contributed by atoms with van der Waals surface area (Å²) in [4.78, 5) is 16.2. The van der Waals surface area contributed by atoms with Gasteiger partial charge in [0.15, 0.2) is 0 Å². The van der Waals surface area contributed by atoms with Gasteiger partial charge in [0, 0.05) is 11.8 Å². The van der Waals surface area contributed by atoms with Crippen LogP contribution >= 0.6 is 11.6 Å². The van der Waals surface area contributed by atoms with Crippen LogP contribution in [-0.2, 0) is 0 Å². The Labute approximate surface area is 117 Å². The molecule has 0 aliphatic rings. The second kappa shape index (κ2) is 6.34. The monoisotopic (exact) mass is 275 g/mol. The number of ketones is 1. The fraction of sp³-hybridized carbons (Fsp3) is 0.200. The van der Waals surface area contributed by atoms with Crippen molar-refractivity contribution < 1.29 is 9.53 Å². The van der Waals surface area contributed by atoms with Crippen molar-refractivity contribution in [1.82, 2.24) is 4.98 Å². The quantitative estimate of drug-likeness (QED) is 0.780. The van der Waals surface area contributed by atoms with Crippen LogP contribution in [0.1, 0.15) is 29.4 Å². The van der Waals surface area contributed by atoms with Gasteiger partial charge in [0.25, 0.3) is 0 Å². The van der Waals surface area contributed by atoms with Crippen LogP contribution in [0.4, 0.5) is 0 Å². The molecule has 1 heterocycles. The summed E-state index contributed by atoms with van der Waals surface area (Å²) >= 11 is 5.74. The molecular weight excluding hydrogens is 262 g/mol. The third-order valence-corrected chi connectivity index (χ3v) is 2.77. The van der Waals surface area contributed by atoms with E-state index >= 15 is 0 Å². The van der Waals surface area contributed by atoms with Gasteiger partial charge in [-0.2, -0.15) is 0 Å². The number of rotatable bonds is 5. The molecule has 0 N–H and O–H groups in total. The molecule has 0 unspecified atom stereocenters. The zero-order chi connectivity index (χ0) is 13.7. The number of benzene rings is 1. The number of ether oxygens (including phenoxy) is 1. The van der Waals surface area contributed by atoms with E-state index in [4.69, 9.17) is 16.3 Å². The Morgan fingerprint density at radius 1 is 1.21 bits per heavy atom. The Bertz CT molecular complexity index is 549. The molecule has 0 aliphatic heterocycles. The molecule has 98 valence electrons. The lowest BCUT2D eigenvalue weighted by Gasteiger charge is -2.05. The Hall–Kier alpha value is -1.87. The third kappa shape index (κ3) is 3.55. The Kier molecular flexibility index (Phi) is 4.53. The van der Waals surface area contributed by atoms with Crippen molar-refractivity contribution in [2.75, 3.05) is 6.61 Å². The lowest BCUT2D eigenvalue weighted by molar-refractivity contribution is 0.103. The highest BCUT2D eigenvalue weighted by molar-refractivity contribution is 6.30. The number of aromatic nitrogens is 1. The van der Waals surface area contributed by atoms with E-state index in [1.54, 1.807) is 36.4 Å². The van der Waals surface area contributed by atoms with Crippen LogP contribution in [0.15, 0.2) is 42.6 Å². The molecule has 0 amide bonds. The fourth-order valence-electron chi connectivity index (χ4n) is 1.58. The molecule has 2 rings (SSSR count). The lowest BCUT2D eigenvalue weighted by atomic mass is 10.1. The molecule has 0 aliphatic carbocycles. The molecule has 1 aromatic heterocycles. The van der Waals surface area contributed by atoms with E-state index in [1.807, 2.05) is 6.92 Å². The Balaban J connectivity index is 2.13. The summed E-state index contributed by atoms with van der Waals surface area (Å²) in [6.45, 7) is 2.72. The van der Waals surface area contributed by atoms with E-state index < -0.39 is 0 Å². The molecule has 0 bridgehead atoms. The smallest absolute Gasteiger partial charge is 0.211 e. The average Bonchev–Trinajstić information content (AvgIpc) is 2.46. The van der Waals surface area contributed by atoms with Crippen LogP contribution in [0.3, 0.4) is 0 Å². The molecule has 19 heavy (non-hydrogen) atoms. The summed E-state index contributed by atoms with van der Waals surface area (Å²) < 4.78 is 5.47. The predicted molar refractivity (Wildman–Crippen MR) is 74.9 cm³/mol. The zero-order valence-electron chi connectivity index (χ0n) is 10.6. The van der Waals surface area contributed by atoms with Crippen molar-refractivity contribution in [3.05, 3.63) is 58.9 Å². The molecule has 0 radical (unpaired) electrons. The van der Waals surface area contributed by atoms with Crippen molar-refractivity contribution in [2.24, 2.45) is 0 Å². The molecule has 4 heteroatoms. The number of hydrogen-bond acceptors (Lipinski definition) is 3. The van der Waals surface area contributed by atoms with Gasteiger partial charge in [-0.05, 0) is 42.8 Å². The number of carbonyl (C=O) groups excluding carboxylic acids is 1. The van der Waals surface area contributed by atoms with Crippen molar-refractivity contribution in [3.8, 4) is 5.75 Å². The first-order valence-corrected chi connectivity index (χ1v) is 6.47. The second-order valence-electron chi connectivity index (χ2n) is 4.06. The van der Waals surface area contributed by atoms with Crippen molar-refractivity contribution in [3.63, 3.8) is 0 Å². The van der Waals surface area contributed by atoms with Crippen LogP contribution in [0, 0.1) is 0 Å². The van der Waals surface area contributed by atoms with Gasteiger partial charge in [-0.25, -0.2) is 0 Å². The van der Waals surface area contributed by atoms with Crippen LogP contribution in [0.2, 0.25) is 5.02 Å². The van der Waals surface area contributed by atoms with Crippen molar-refractivity contribution in [2.45, 2.75) is 13.3 Å². The lowest BCUT2D eigenvalue weighted by Crippen LogP contribution is -2.03. The summed E-state index contributed by atoms with van der Waals surface area (Å²) in [7, 11) is 0. The second-order valence-corrected chi connectivity index (χ2v) is 4.50. The van der Waals surface area contributed by atoms with E-state index in [1.165, 1.54) is 6.20 Å². The maximum absolute atomic E-state index is 12.1. The number of carbonyl (C=O) groups is 1. The summed E-state index contributed by atoms with van der Waals surface area (Å²) in [6, 6.07) is 10.3. The van der Waals surface area contributed by atoms with Gasteiger partial charge in [-0.15, -0.1) is 0 Å². The maximum atomic E-state index is 12.1. The maximum Gasteiger partial charge on any atom is 0.211 e. The SMILES string of the molecule is CCCOc1ccc(C(=O)c2ccc(Cl)cn2)cc1. The molecule has 0 atom stereocenters. The molecular formula is C15H14ClNO2. The molecule has 2 aromatic rings. The van der Waals surface area contributed by atoms with Crippen LogP contribution in [0.5, 0.6) is 5.75 Å². The van der Waals surface area contributed by atoms with E-state index in [0.29, 0.717) is 22.9 Å². The first-order chi connectivity index (χ1) is 9.20. The highest BCUT2D eigenvalue weighted by Crippen LogP contribution is 2.15. The van der Waals surface area contributed by atoms with Gasteiger partial charge in [0.05, 0.1) is 11.6 Å². The standard InChI is InChI=1S/C15H14ClNO2/c1-2-9-19-13-6-3-11(4-7-13)15(18)14-8-5-12(16)10-17-14/h3-8,10H,2,9H2,1H3. The summed E-state index contributed by atoms with van der Waals surface area (Å²) in [5, 5.41) is 0.514. The van der Waals surface area contributed by atoms with Gasteiger partial charge in [0.1, 0.15) is 11.4 Å². The number of halogens is 1. The summed E-state index contributed by atoms with van der Waals surface area (Å²) in [5.41, 5.74) is 0.963. The zero-order valence-corrected chi connectivity index (χ0v) is 11.4. The minimum Gasteiger partial charge on any atom is -0.494 e. The minimum atomic E-state index is -0.126. The normalized spacial score (nSPS) is 10.2. The first-order valence-electron chi connectivity index (χ1n) is 6.10. The number of nitrogens with zero attached hydrogens (tertiary/aromatic N) is 1. The van der Waals surface area contributed by atoms with Gasteiger partial charge >= 0.3 is 0 Å². The van der Waals surface area contributed by atoms with Crippen molar-refractivity contribution >= 4 is 17.4 Å². The fourth-order valence-corrected chi connectivity index (χ4v) is 1.69. The molecule has 0 spiro atoms. The highest BCUT2D eigenvalue weighted by Gasteiger charge is 2.10. The summed E-state index contributed by atoms with van der Waals surface area (Å²) in [5.74, 6) is 0.640. The molecule has 0 fully saturated rings. The largest absolute Gasteiger partial charge is 0.494 e. The van der Waals surface area contributed by atoms with E-state index in [2.05, 4.69) is 4.98 Å². The van der Waals surface area contributed by atoms with Gasteiger partial charge in [0.2, 0.25) is 5.78 Å². The number of pyridine rings is 1.